The molecule has 2 rings (SSSR count). The van der Waals surface area contributed by atoms with Gasteiger partial charge in [0.1, 0.15) is 18.2 Å². The van der Waals surface area contributed by atoms with Gasteiger partial charge in [0, 0.05) is 31.1 Å². The van der Waals surface area contributed by atoms with Gasteiger partial charge in [-0.05, 0) is 37.7 Å². The van der Waals surface area contributed by atoms with Gasteiger partial charge in [0.25, 0.3) is 0 Å². The molecule has 0 heterocycles. The first-order valence-corrected chi connectivity index (χ1v) is 11.2. The average Bonchev–Trinajstić information content (AvgIpc) is 3.09. The molecule has 0 bridgehead atoms. The van der Waals surface area contributed by atoms with Crippen molar-refractivity contribution in [3.05, 3.63) is 35.9 Å². The lowest BCUT2D eigenvalue weighted by atomic mass is 9.81. The normalized spacial score (nSPS) is 20.5. The standard InChI is InChI=1S/C25H34O6/c1-18(26)22-16-23(27)21(12-8-3-4-9-13-24(28)30-2)20(22)14-15-25(29)31-17-19-10-6-5-7-11-19/h5-7,10-11,20-22H,3-4,8-9,12-17H2,1-2H3. The minimum Gasteiger partial charge on any atom is -0.469 e. The summed E-state index contributed by atoms with van der Waals surface area (Å²) in [5, 5.41) is 0. The van der Waals surface area contributed by atoms with E-state index in [1.807, 2.05) is 30.3 Å². The van der Waals surface area contributed by atoms with Crippen LogP contribution in [-0.2, 0) is 35.3 Å². The summed E-state index contributed by atoms with van der Waals surface area (Å²) in [6.07, 6.45) is 5.62. The van der Waals surface area contributed by atoms with E-state index in [0.29, 0.717) is 12.8 Å². The number of Topliss-reactive ketones (excluding diaryl/α,β-unsaturated/α-hetero) is 2. The van der Waals surface area contributed by atoms with Crippen LogP contribution in [0.4, 0.5) is 0 Å². The first-order valence-electron chi connectivity index (χ1n) is 11.2. The summed E-state index contributed by atoms with van der Waals surface area (Å²) >= 11 is 0. The van der Waals surface area contributed by atoms with Crippen molar-refractivity contribution in [2.75, 3.05) is 7.11 Å². The van der Waals surface area contributed by atoms with Crippen molar-refractivity contribution >= 4 is 23.5 Å². The number of ether oxygens (including phenoxy) is 2. The lowest BCUT2D eigenvalue weighted by Gasteiger charge is -2.22. The number of rotatable bonds is 13. The average molecular weight is 431 g/mol. The smallest absolute Gasteiger partial charge is 0.306 e. The molecule has 170 valence electrons. The Balaban J connectivity index is 1.80. The third-order valence-electron chi connectivity index (χ3n) is 6.19. The van der Waals surface area contributed by atoms with Gasteiger partial charge in [-0.15, -0.1) is 0 Å². The van der Waals surface area contributed by atoms with Crippen LogP contribution in [0.5, 0.6) is 0 Å². The fourth-order valence-corrected chi connectivity index (χ4v) is 4.45. The van der Waals surface area contributed by atoms with E-state index in [1.165, 1.54) is 14.0 Å². The predicted octanol–water partition coefficient (Wildman–Crippen LogP) is 4.43. The Labute approximate surface area is 184 Å². The molecule has 1 aliphatic rings. The molecular weight excluding hydrogens is 396 g/mol. The zero-order valence-electron chi connectivity index (χ0n) is 18.6. The third-order valence-corrected chi connectivity index (χ3v) is 6.19. The fraction of sp³-hybridized carbons (Fsp3) is 0.600. The van der Waals surface area contributed by atoms with Crippen LogP contribution in [0.2, 0.25) is 0 Å². The number of carbonyl (C=O) groups is 4. The SMILES string of the molecule is COC(=O)CCCCCCC1C(=O)CC(C(C)=O)C1CCC(=O)OCc1ccccc1. The minimum atomic E-state index is -0.299. The molecule has 0 aromatic heterocycles. The predicted molar refractivity (Wildman–Crippen MR) is 116 cm³/mol. The van der Waals surface area contributed by atoms with Crippen LogP contribution in [-0.4, -0.2) is 30.6 Å². The first-order chi connectivity index (χ1) is 14.9. The van der Waals surface area contributed by atoms with Crippen LogP contribution in [0.3, 0.4) is 0 Å². The number of carbonyl (C=O) groups excluding carboxylic acids is 4. The first kappa shape index (κ1) is 24.8. The number of hydrogen-bond donors (Lipinski definition) is 0. The lowest BCUT2D eigenvalue weighted by molar-refractivity contribution is -0.146. The maximum absolute atomic E-state index is 12.6. The highest BCUT2D eigenvalue weighted by Gasteiger charge is 2.43. The van der Waals surface area contributed by atoms with Crippen LogP contribution in [0.1, 0.15) is 70.3 Å². The summed E-state index contributed by atoms with van der Waals surface area (Å²) in [7, 11) is 1.39. The van der Waals surface area contributed by atoms with Gasteiger partial charge in [-0.2, -0.15) is 0 Å². The van der Waals surface area contributed by atoms with Gasteiger partial charge in [0.15, 0.2) is 0 Å². The molecule has 3 atom stereocenters. The molecule has 0 aliphatic heterocycles. The van der Waals surface area contributed by atoms with Crippen molar-refractivity contribution in [2.24, 2.45) is 17.8 Å². The number of ketones is 2. The molecule has 3 unspecified atom stereocenters. The van der Waals surface area contributed by atoms with E-state index in [1.54, 1.807) is 0 Å². The van der Waals surface area contributed by atoms with Crippen molar-refractivity contribution in [1.82, 2.24) is 0 Å². The number of methoxy groups -OCH3 is 1. The maximum Gasteiger partial charge on any atom is 0.306 e. The maximum atomic E-state index is 12.6. The van der Waals surface area contributed by atoms with E-state index in [9.17, 15) is 19.2 Å². The van der Waals surface area contributed by atoms with Gasteiger partial charge < -0.3 is 9.47 Å². The molecule has 0 saturated heterocycles. The van der Waals surface area contributed by atoms with E-state index in [4.69, 9.17) is 4.74 Å². The number of benzene rings is 1. The number of esters is 2. The van der Waals surface area contributed by atoms with Gasteiger partial charge in [-0.1, -0.05) is 49.6 Å². The van der Waals surface area contributed by atoms with Gasteiger partial charge in [0.05, 0.1) is 7.11 Å². The second kappa shape index (κ2) is 13.0. The highest BCUT2D eigenvalue weighted by atomic mass is 16.5. The Hall–Kier alpha value is -2.50. The summed E-state index contributed by atoms with van der Waals surface area (Å²) in [5.74, 6) is -0.893. The van der Waals surface area contributed by atoms with Crippen LogP contribution in [0.25, 0.3) is 0 Å². The zero-order chi connectivity index (χ0) is 22.6. The third kappa shape index (κ3) is 8.27. The topological polar surface area (TPSA) is 86.7 Å². The van der Waals surface area contributed by atoms with E-state index >= 15 is 0 Å². The Kier molecular flexibility index (Phi) is 10.4. The van der Waals surface area contributed by atoms with Crippen molar-refractivity contribution in [3.63, 3.8) is 0 Å². The van der Waals surface area contributed by atoms with E-state index in [0.717, 1.165) is 37.7 Å². The summed E-state index contributed by atoms with van der Waals surface area (Å²) in [6.45, 7) is 1.77. The minimum absolute atomic E-state index is 0.0246. The Morgan fingerprint density at radius 2 is 1.65 bits per heavy atom. The quantitative estimate of drug-likeness (QED) is 0.340. The summed E-state index contributed by atoms with van der Waals surface area (Å²) in [6, 6.07) is 9.49. The Bertz CT molecular complexity index is 742. The van der Waals surface area contributed by atoms with Crippen LogP contribution >= 0.6 is 0 Å². The summed E-state index contributed by atoms with van der Waals surface area (Å²) in [4.78, 5) is 48.0. The van der Waals surface area contributed by atoms with Gasteiger partial charge >= 0.3 is 11.9 Å². The second-order valence-electron chi connectivity index (χ2n) is 8.37. The molecule has 1 aliphatic carbocycles. The molecule has 0 radical (unpaired) electrons. The fourth-order valence-electron chi connectivity index (χ4n) is 4.45. The van der Waals surface area contributed by atoms with Crippen molar-refractivity contribution in [1.29, 1.82) is 0 Å². The summed E-state index contributed by atoms with van der Waals surface area (Å²) < 4.78 is 9.99. The molecule has 6 nitrogen and oxygen atoms in total. The highest BCUT2D eigenvalue weighted by Crippen LogP contribution is 2.41. The van der Waals surface area contributed by atoms with Gasteiger partial charge in [-0.25, -0.2) is 0 Å². The molecule has 1 fully saturated rings. The van der Waals surface area contributed by atoms with Crippen molar-refractivity contribution < 1.29 is 28.7 Å². The van der Waals surface area contributed by atoms with Crippen LogP contribution in [0, 0.1) is 17.8 Å². The Morgan fingerprint density at radius 1 is 0.935 bits per heavy atom. The highest BCUT2D eigenvalue weighted by molar-refractivity contribution is 5.92. The molecule has 31 heavy (non-hydrogen) atoms. The lowest BCUT2D eigenvalue weighted by Crippen LogP contribution is -2.23. The van der Waals surface area contributed by atoms with Crippen molar-refractivity contribution in [2.45, 2.75) is 71.3 Å². The largest absolute Gasteiger partial charge is 0.469 e. The molecule has 1 saturated carbocycles. The Morgan fingerprint density at radius 3 is 2.32 bits per heavy atom. The van der Waals surface area contributed by atoms with E-state index in [2.05, 4.69) is 4.74 Å². The van der Waals surface area contributed by atoms with E-state index in [-0.39, 0.29) is 60.7 Å². The molecule has 0 spiro atoms. The molecule has 1 aromatic rings. The van der Waals surface area contributed by atoms with Crippen molar-refractivity contribution in [3.8, 4) is 0 Å². The van der Waals surface area contributed by atoms with Crippen LogP contribution in [0.15, 0.2) is 30.3 Å². The molecule has 1 aromatic carbocycles. The summed E-state index contributed by atoms with van der Waals surface area (Å²) in [5.41, 5.74) is 0.929. The second-order valence-corrected chi connectivity index (χ2v) is 8.37. The molecule has 0 amide bonds. The zero-order valence-corrected chi connectivity index (χ0v) is 18.6. The van der Waals surface area contributed by atoms with Gasteiger partial charge in [-0.3, -0.25) is 19.2 Å². The molecular formula is C25H34O6. The van der Waals surface area contributed by atoms with E-state index < -0.39 is 0 Å². The number of unbranched alkanes of at least 4 members (excludes halogenated alkanes) is 3. The van der Waals surface area contributed by atoms with Gasteiger partial charge in [0.2, 0.25) is 0 Å². The van der Waals surface area contributed by atoms with Crippen LogP contribution < -0.4 is 0 Å². The molecule has 0 N–H and O–H groups in total. The molecule has 6 heteroatoms. The monoisotopic (exact) mass is 430 g/mol. The number of hydrogen-bond acceptors (Lipinski definition) is 6.